The van der Waals surface area contributed by atoms with Gasteiger partial charge in [0.05, 0.1) is 5.69 Å². The Morgan fingerprint density at radius 3 is 2.58 bits per heavy atom. The van der Waals surface area contributed by atoms with Gasteiger partial charge in [-0.25, -0.2) is 4.99 Å². The summed E-state index contributed by atoms with van der Waals surface area (Å²) in [5.41, 5.74) is 1.23. The quantitative estimate of drug-likeness (QED) is 0.386. The Labute approximate surface area is 144 Å². The van der Waals surface area contributed by atoms with Gasteiger partial charge in [0, 0.05) is 12.6 Å². The van der Waals surface area contributed by atoms with Crippen molar-refractivity contribution in [1.82, 2.24) is 10.6 Å². The summed E-state index contributed by atoms with van der Waals surface area (Å²) in [6.45, 7) is 0. The molecular weight excluding hydrogens is 324 g/mol. The van der Waals surface area contributed by atoms with Gasteiger partial charge < -0.3 is 10.1 Å². The summed E-state index contributed by atoms with van der Waals surface area (Å²) in [7, 11) is 1.58. The van der Waals surface area contributed by atoms with Crippen molar-refractivity contribution in [1.29, 1.82) is 5.26 Å². The number of hydrogen-bond acceptors (Lipinski definition) is 5. The molecule has 6 nitrogen and oxygen atoms in total. The van der Waals surface area contributed by atoms with E-state index in [0.717, 1.165) is 0 Å². The van der Waals surface area contributed by atoms with E-state index in [9.17, 15) is 4.79 Å². The summed E-state index contributed by atoms with van der Waals surface area (Å²) in [6.07, 6.45) is 3.68. The number of carbonyl (C=O) groups is 1. The molecule has 0 fully saturated rings. The van der Waals surface area contributed by atoms with Gasteiger partial charge in [-0.3, -0.25) is 10.1 Å². The first-order valence-corrected chi connectivity index (χ1v) is 8.26. The second kappa shape index (κ2) is 8.60. The molecule has 0 aliphatic carbocycles. The monoisotopic (exact) mass is 340 g/mol. The third kappa shape index (κ3) is 4.76. The maximum atomic E-state index is 11.6. The molecule has 7 heteroatoms. The molecule has 0 saturated carbocycles. The van der Waals surface area contributed by atoms with Crippen molar-refractivity contribution < 1.29 is 9.53 Å². The zero-order valence-electron chi connectivity index (χ0n) is 13.2. The molecular formula is C17H16N4O2S. The van der Waals surface area contributed by atoms with E-state index in [2.05, 4.69) is 15.6 Å². The van der Waals surface area contributed by atoms with E-state index in [0.29, 0.717) is 27.9 Å². The molecule has 0 heterocycles. The van der Waals surface area contributed by atoms with E-state index >= 15 is 0 Å². The number of amidine groups is 1. The van der Waals surface area contributed by atoms with Gasteiger partial charge in [0.1, 0.15) is 11.5 Å². The molecule has 2 N–H and O–H groups in total. The minimum Gasteiger partial charge on any atom is -0.457 e. The zero-order chi connectivity index (χ0) is 17.4. The Morgan fingerprint density at radius 1 is 1.21 bits per heavy atom. The molecule has 0 aliphatic heterocycles. The van der Waals surface area contributed by atoms with Crippen LogP contribution in [-0.2, 0) is 0 Å². The molecule has 0 atom stereocenters. The molecule has 2 aromatic rings. The highest BCUT2D eigenvalue weighted by Gasteiger charge is 2.05. The average molecular weight is 340 g/mol. The SMILES string of the molecule is CNC(=O)c1cccc(Oc2ccc(N=C(NC#N)SC)cc2)c1. The third-order valence-corrected chi connectivity index (χ3v) is 3.56. The van der Waals surface area contributed by atoms with Gasteiger partial charge in [-0.15, -0.1) is 0 Å². The van der Waals surface area contributed by atoms with E-state index in [4.69, 9.17) is 10.00 Å². The molecule has 1 amide bonds. The maximum Gasteiger partial charge on any atom is 0.251 e. The summed E-state index contributed by atoms with van der Waals surface area (Å²) in [4.78, 5) is 15.9. The summed E-state index contributed by atoms with van der Waals surface area (Å²) in [5.74, 6) is 1.03. The summed E-state index contributed by atoms with van der Waals surface area (Å²) < 4.78 is 5.75. The Bertz CT molecular complexity index is 782. The highest BCUT2D eigenvalue weighted by molar-refractivity contribution is 8.13. The molecule has 2 aromatic carbocycles. The first-order chi connectivity index (χ1) is 11.7. The third-order valence-electron chi connectivity index (χ3n) is 2.98. The van der Waals surface area contributed by atoms with Crippen molar-refractivity contribution in [2.24, 2.45) is 4.99 Å². The summed E-state index contributed by atoms with van der Waals surface area (Å²) in [5, 5.41) is 14.2. The number of hydrogen-bond donors (Lipinski definition) is 2. The molecule has 24 heavy (non-hydrogen) atoms. The summed E-state index contributed by atoms with van der Waals surface area (Å²) >= 11 is 1.35. The van der Waals surface area contributed by atoms with Crippen molar-refractivity contribution in [3.05, 3.63) is 54.1 Å². The average Bonchev–Trinajstić information content (AvgIpc) is 2.62. The first-order valence-electron chi connectivity index (χ1n) is 7.04. The molecule has 0 aliphatic rings. The molecule has 0 unspecified atom stereocenters. The molecule has 0 aromatic heterocycles. The van der Waals surface area contributed by atoms with Crippen LogP contribution in [0.25, 0.3) is 0 Å². The lowest BCUT2D eigenvalue weighted by Crippen LogP contribution is -2.17. The minimum absolute atomic E-state index is 0.167. The second-order valence-electron chi connectivity index (χ2n) is 4.56. The van der Waals surface area contributed by atoms with E-state index in [1.807, 2.05) is 12.4 Å². The van der Waals surface area contributed by atoms with Gasteiger partial charge in [0.15, 0.2) is 11.4 Å². The van der Waals surface area contributed by atoms with Crippen LogP contribution in [-0.4, -0.2) is 24.4 Å². The molecule has 0 saturated heterocycles. The van der Waals surface area contributed by atoms with E-state index in [-0.39, 0.29) is 5.91 Å². The van der Waals surface area contributed by atoms with Crippen LogP contribution in [0.4, 0.5) is 5.69 Å². The lowest BCUT2D eigenvalue weighted by Gasteiger charge is -2.07. The molecule has 0 bridgehead atoms. The van der Waals surface area contributed by atoms with Crippen molar-refractivity contribution in [2.75, 3.05) is 13.3 Å². The lowest BCUT2D eigenvalue weighted by molar-refractivity contribution is 0.0963. The Balaban J connectivity index is 2.12. The number of rotatable bonds is 4. The zero-order valence-corrected chi connectivity index (χ0v) is 14.1. The molecule has 122 valence electrons. The lowest BCUT2D eigenvalue weighted by atomic mass is 10.2. The fourth-order valence-corrected chi connectivity index (χ4v) is 2.20. The van der Waals surface area contributed by atoms with Crippen LogP contribution in [0.3, 0.4) is 0 Å². The Kier molecular flexibility index (Phi) is 6.23. The number of benzene rings is 2. The van der Waals surface area contributed by atoms with E-state index in [1.165, 1.54) is 11.8 Å². The van der Waals surface area contributed by atoms with Crippen LogP contribution in [0.5, 0.6) is 11.5 Å². The van der Waals surface area contributed by atoms with Crippen molar-refractivity contribution >= 4 is 28.5 Å². The highest BCUT2D eigenvalue weighted by Crippen LogP contribution is 2.25. The predicted octanol–water partition coefficient (Wildman–Crippen LogP) is 3.26. The topological polar surface area (TPSA) is 86.5 Å². The smallest absolute Gasteiger partial charge is 0.251 e. The van der Waals surface area contributed by atoms with Crippen LogP contribution in [0.15, 0.2) is 53.5 Å². The van der Waals surface area contributed by atoms with Gasteiger partial charge in [-0.2, -0.15) is 5.26 Å². The van der Waals surface area contributed by atoms with Crippen LogP contribution >= 0.6 is 11.8 Å². The van der Waals surface area contributed by atoms with Gasteiger partial charge in [0.25, 0.3) is 5.91 Å². The van der Waals surface area contributed by atoms with Crippen molar-refractivity contribution in [3.8, 4) is 17.7 Å². The number of nitriles is 1. The van der Waals surface area contributed by atoms with Gasteiger partial charge in [-0.05, 0) is 48.7 Å². The fourth-order valence-electron chi connectivity index (χ4n) is 1.86. The van der Waals surface area contributed by atoms with Crippen LogP contribution in [0.1, 0.15) is 10.4 Å². The molecule has 0 radical (unpaired) electrons. The predicted molar refractivity (Wildman–Crippen MR) is 95.7 cm³/mol. The number of carbonyl (C=O) groups excluding carboxylic acids is 1. The van der Waals surface area contributed by atoms with E-state index < -0.39 is 0 Å². The van der Waals surface area contributed by atoms with Crippen LogP contribution < -0.4 is 15.4 Å². The molecule has 0 spiro atoms. The number of aliphatic imine (C=N–C) groups is 1. The summed E-state index contributed by atoms with van der Waals surface area (Å²) in [6, 6.07) is 14.0. The van der Waals surface area contributed by atoms with Crippen LogP contribution in [0, 0.1) is 11.5 Å². The first kappa shape index (κ1) is 17.4. The van der Waals surface area contributed by atoms with Crippen molar-refractivity contribution in [2.45, 2.75) is 0 Å². The number of thioether (sulfide) groups is 1. The van der Waals surface area contributed by atoms with E-state index in [1.54, 1.807) is 55.6 Å². The number of amides is 1. The highest BCUT2D eigenvalue weighted by atomic mass is 32.2. The number of ether oxygens (including phenoxy) is 1. The van der Waals surface area contributed by atoms with Crippen LogP contribution in [0.2, 0.25) is 0 Å². The normalized spacial score (nSPS) is 10.6. The van der Waals surface area contributed by atoms with Gasteiger partial charge in [0.2, 0.25) is 0 Å². The fraction of sp³-hybridized carbons (Fsp3) is 0.118. The van der Waals surface area contributed by atoms with Gasteiger partial charge in [-0.1, -0.05) is 17.8 Å². The maximum absolute atomic E-state index is 11.6. The Morgan fingerprint density at radius 2 is 1.96 bits per heavy atom. The standard InChI is InChI=1S/C17H16N4O2S/c1-19-16(22)12-4-3-5-15(10-12)23-14-8-6-13(7-9-14)21-17(24-2)20-11-18/h3-10H,1-2H3,(H,19,22)(H,20,21). The molecule has 2 rings (SSSR count). The van der Waals surface area contributed by atoms with Crippen molar-refractivity contribution in [3.63, 3.8) is 0 Å². The Hall–Kier alpha value is -2.98. The minimum atomic E-state index is -0.167. The number of nitrogens with zero attached hydrogens (tertiary/aromatic N) is 2. The number of nitrogens with one attached hydrogen (secondary N) is 2. The largest absolute Gasteiger partial charge is 0.457 e. The van der Waals surface area contributed by atoms with Gasteiger partial charge >= 0.3 is 0 Å². The second-order valence-corrected chi connectivity index (χ2v) is 5.36.